The summed E-state index contributed by atoms with van der Waals surface area (Å²) in [6.07, 6.45) is 35.5. The van der Waals surface area contributed by atoms with Gasteiger partial charge in [-0.05, 0) is 55.8 Å². The first-order chi connectivity index (χ1) is 15.1. The number of carboxylic acid groups (broad SMARTS) is 1. The molecule has 0 aromatic rings. The molecule has 0 atom stereocenters. The van der Waals surface area contributed by atoms with E-state index in [0.717, 1.165) is 18.3 Å². The second kappa shape index (κ2) is 15.1. The van der Waals surface area contributed by atoms with E-state index in [1.165, 1.54) is 128 Å². The van der Waals surface area contributed by atoms with Crippen LogP contribution in [-0.4, -0.2) is 11.1 Å². The number of allylic oxidation sites excluding steroid dienone is 2. The van der Waals surface area contributed by atoms with Gasteiger partial charge in [0.15, 0.2) is 0 Å². The second-order valence-corrected chi connectivity index (χ2v) is 11.1. The van der Waals surface area contributed by atoms with E-state index in [1.807, 2.05) is 0 Å². The van der Waals surface area contributed by atoms with Gasteiger partial charge in [0.05, 0.1) is 0 Å². The topological polar surface area (TPSA) is 37.3 Å². The zero-order chi connectivity index (χ0) is 22.3. The van der Waals surface area contributed by atoms with Gasteiger partial charge in [-0.3, -0.25) is 4.79 Å². The standard InChI is InChI=1S/C29H52O2/c1-2-3-4-5-6-7-8-10-13-16-19-22-28-24-29(25-28,26-28)23-20-17-14-11-9-12-15-18-21-27(30)31/h20,23H,2-19,21-22,24-26H2,1H3,(H,30,31). The zero-order valence-corrected chi connectivity index (χ0v) is 20.8. The Hall–Kier alpha value is -0.790. The van der Waals surface area contributed by atoms with Gasteiger partial charge in [-0.25, -0.2) is 0 Å². The molecule has 3 fully saturated rings. The van der Waals surface area contributed by atoms with Crippen LogP contribution in [0, 0.1) is 10.8 Å². The summed E-state index contributed by atoms with van der Waals surface area (Å²) in [5.74, 6) is -0.653. The van der Waals surface area contributed by atoms with Crippen LogP contribution in [0.2, 0.25) is 0 Å². The lowest BCUT2D eigenvalue weighted by molar-refractivity contribution is -0.174. The quantitative estimate of drug-likeness (QED) is 0.136. The molecule has 0 radical (unpaired) electrons. The lowest BCUT2D eigenvalue weighted by Gasteiger charge is -2.70. The van der Waals surface area contributed by atoms with Gasteiger partial charge in [-0.15, -0.1) is 0 Å². The first kappa shape index (κ1) is 26.5. The van der Waals surface area contributed by atoms with Crippen LogP contribution >= 0.6 is 0 Å². The molecule has 180 valence electrons. The van der Waals surface area contributed by atoms with Crippen molar-refractivity contribution in [1.29, 1.82) is 0 Å². The number of rotatable bonds is 22. The first-order valence-electron chi connectivity index (χ1n) is 14.0. The van der Waals surface area contributed by atoms with Crippen LogP contribution < -0.4 is 0 Å². The molecular weight excluding hydrogens is 380 g/mol. The highest BCUT2D eigenvalue weighted by atomic mass is 16.4. The van der Waals surface area contributed by atoms with Crippen molar-refractivity contribution in [1.82, 2.24) is 0 Å². The van der Waals surface area contributed by atoms with Crippen molar-refractivity contribution in [3.8, 4) is 0 Å². The Balaban J connectivity index is 1.33. The lowest BCUT2D eigenvalue weighted by atomic mass is 9.34. The van der Waals surface area contributed by atoms with Crippen LogP contribution in [-0.2, 0) is 4.79 Å². The molecule has 0 aliphatic heterocycles. The molecule has 0 saturated heterocycles. The maximum absolute atomic E-state index is 10.5. The molecule has 31 heavy (non-hydrogen) atoms. The predicted octanol–water partition coefficient (Wildman–Crippen LogP) is 9.62. The number of carboxylic acids is 1. The zero-order valence-electron chi connectivity index (χ0n) is 20.8. The Bertz CT molecular complexity index is 487. The first-order valence-corrected chi connectivity index (χ1v) is 14.0. The summed E-state index contributed by atoms with van der Waals surface area (Å²) in [5, 5.41) is 8.63. The Morgan fingerprint density at radius 1 is 0.710 bits per heavy atom. The fourth-order valence-electron chi connectivity index (χ4n) is 6.27. The lowest BCUT2D eigenvalue weighted by Crippen LogP contribution is -2.60. The number of aliphatic carboxylic acids is 1. The van der Waals surface area contributed by atoms with Crippen molar-refractivity contribution >= 4 is 5.97 Å². The molecule has 1 N–H and O–H groups in total. The summed E-state index contributed by atoms with van der Waals surface area (Å²) in [6, 6.07) is 0. The van der Waals surface area contributed by atoms with Gasteiger partial charge >= 0.3 is 5.97 Å². The number of unbranched alkanes of at least 4 members (excludes halogenated alkanes) is 16. The number of carbonyl (C=O) groups is 1. The van der Waals surface area contributed by atoms with Gasteiger partial charge in [-0.2, -0.15) is 0 Å². The SMILES string of the molecule is CCCCCCCCCCCCCC12CC(C=CCCCCCCCCC(=O)O)(C1)C2. The average Bonchev–Trinajstić information content (AvgIpc) is 2.69. The molecule has 0 amide bonds. The van der Waals surface area contributed by atoms with Crippen LogP contribution in [0.15, 0.2) is 12.2 Å². The maximum Gasteiger partial charge on any atom is 0.303 e. The number of hydrogen-bond donors (Lipinski definition) is 1. The van der Waals surface area contributed by atoms with Crippen molar-refractivity contribution in [3.05, 3.63) is 12.2 Å². The van der Waals surface area contributed by atoms with E-state index < -0.39 is 5.97 Å². The van der Waals surface area contributed by atoms with E-state index in [2.05, 4.69) is 19.1 Å². The van der Waals surface area contributed by atoms with Gasteiger partial charge in [0.2, 0.25) is 0 Å². The minimum Gasteiger partial charge on any atom is -0.481 e. The van der Waals surface area contributed by atoms with Crippen LogP contribution in [0.4, 0.5) is 0 Å². The maximum atomic E-state index is 10.5. The van der Waals surface area contributed by atoms with Crippen molar-refractivity contribution in [2.45, 2.75) is 155 Å². The molecule has 0 unspecified atom stereocenters. The summed E-state index contributed by atoms with van der Waals surface area (Å²) in [4.78, 5) is 10.5. The molecule has 3 aliphatic rings. The van der Waals surface area contributed by atoms with Crippen molar-refractivity contribution in [2.24, 2.45) is 10.8 Å². The largest absolute Gasteiger partial charge is 0.481 e. The summed E-state index contributed by atoms with van der Waals surface area (Å²) in [7, 11) is 0. The molecule has 0 spiro atoms. The molecule has 0 aromatic carbocycles. The second-order valence-electron chi connectivity index (χ2n) is 11.1. The van der Waals surface area contributed by atoms with Crippen molar-refractivity contribution in [2.75, 3.05) is 0 Å². The predicted molar refractivity (Wildman–Crippen MR) is 134 cm³/mol. The van der Waals surface area contributed by atoms with Gasteiger partial charge in [-0.1, -0.05) is 115 Å². The van der Waals surface area contributed by atoms with Gasteiger partial charge in [0, 0.05) is 6.42 Å². The third-order valence-corrected chi connectivity index (χ3v) is 7.97. The van der Waals surface area contributed by atoms with Crippen LogP contribution in [0.1, 0.15) is 155 Å². The highest BCUT2D eigenvalue weighted by Crippen LogP contribution is 2.75. The van der Waals surface area contributed by atoms with Crippen LogP contribution in [0.3, 0.4) is 0 Å². The minimum atomic E-state index is -0.653. The highest BCUT2D eigenvalue weighted by molar-refractivity contribution is 5.66. The van der Waals surface area contributed by atoms with Crippen molar-refractivity contribution < 1.29 is 9.90 Å². The Kier molecular flexibility index (Phi) is 12.9. The van der Waals surface area contributed by atoms with E-state index in [4.69, 9.17) is 5.11 Å². The third-order valence-electron chi connectivity index (χ3n) is 7.97. The molecule has 0 heterocycles. The minimum absolute atomic E-state index is 0.339. The third kappa shape index (κ3) is 10.6. The summed E-state index contributed by atoms with van der Waals surface area (Å²) in [5.41, 5.74) is 1.38. The average molecular weight is 433 g/mol. The summed E-state index contributed by atoms with van der Waals surface area (Å²) in [6.45, 7) is 2.30. The fourth-order valence-corrected chi connectivity index (χ4v) is 6.27. The van der Waals surface area contributed by atoms with E-state index in [0.29, 0.717) is 11.8 Å². The number of hydrogen-bond acceptors (Lipinski definition) is 1. The Morgan fingerprint density at radius 2 is 1.19 bits per heavy atom. The monoisotopic (exact) mass is 432 g/mol. The molecule has 2 bridgehead atoms. The molecule has 3 aliphatic carbocycles. The van der Waals surface area contributed by atoms with E-state index in [-0.39, 0.29) is 0 Å². The highest BCUT2D eigenvalue weighted by Gasteiger charge is 2.65. The van der Waals surface area contributed by atoms with Gasteiger partial charge in [0.1, 0.15) is 0 Å². The van der Waals surface area contributed by atoms with Crippen LogP contribution in [0.25, 0.3) is 0 Å². The molecule has 2 heteroatoms. The fraction of sp³-hybridized carbons (Fsp3) is 0.897. The normalized spacial score (nSPS) is 24.3. The van der Waals surface area contributed by atoms with Gasteiger partial charge in [0.25, 0.3) is 0 Å². The van der Waals surface area contributed by atoms with E-state index >= 15 is 0 Å². The van der Waals surface area contributed by atoms with Gasteiger partial charge < -0.3 is 5.11 Å². The molecule has 2 nitrogen and oxygen atoms in total. The molecular formula is C29H52O2. The summed E-state index contributed by atoms with van der Waals surface area (Å²) >= 11 is 0. The molecule has 0 aromatic heterocycles. The summed E-state index contributed by atoms with van der Waals surface area (Å²) < 4.78 is 0. The van der Waals surface area contributed by atoms with E-state index in [9.17, 15) is 4.79 Å². The smallest absolute Gasteiger partial charge is 0.303 e. The molecule has 3 rings (SSSR count). The van der Waals surface area contributed by atoms with Crippen molar-refractivity contribution in [3.63, 3.8) is 0 Å². The Labute approximate surface area is 193 Å². The van der Waals surface area contributed by atoms with E-state index in [1.54, 1.807) is 0 Å². The van der Waals surface area contributed by atoms with Crippen LogP contribution in [0.5, 0.6) is 0 Å². The molecule has 3 saturated carbocycles. The Morgan fingerprint density at radius 3 is 1.74 bits per heavy atom.